The Morgan fingerprint density at radius 3 is 2.64 bits per heavy atom. The van der Waals surface area contributed by atoms with Crippen LogP contribution in [0.1, 0.15) is 26.7 Å². The SMILES string of the molecule is CC(C)OC(=O)[C@@H]1CCCS(=O)(=O)N1. The number of carbonyl (C=O) groups excluding carboxylic acids is 1. The van der Waals surface area contributed by atoms with Crippen LogP contribution in [0.5, 0.6) is 0 Å². The van der Waals surface area contributed by atoms with Crippen molar-refractivity contribution >= 4 is 16.0 Å². The van der Waals surface area contributed by atoms with Crippen LogP contribution in [0.3, 0.4) is 0 Å². The van der Waals surface area contributed by atoms with Crippen LogP contribution in [0.15, 0.2) is 0 Å². The standard InChI is InChI=1S/C8H15NO4S/c1-6(2)13-8(10)7-4-3-5-14(11,12)9-7/h6-7,9H,3-5H2,1-2H3/t7-/m0/s1. The third kappa shape index (κ3) is 3.26. The summed E-state index contributed by atoms with van der Waals surface area (Å²) in [6.45, 7) is 3.46. The van der Waals surface area contributed by atoms with Crippen molar-refractivity contribution in [2.24, 2.45) is 0 Å². The van der Waals surface area contributed by atoms with Gasteiger partial charge in [-0.1, -0.05) is 0 Å². The maximum absolute atomic E-state index is 11.3. The first-order chi connectivity index (χ1) is 6.41. The Morgan fingerprint density at radius 2 is 2.14 bits per heavy atom. The minimum Gasteiger partial charge on any atom is -0.462 e. The molecule has 0 aromatic heterocycles. The van der Waals surface area contributed by atoms with Gasteiger partial charge in [-0.2, -0.15) is 0 Å². The monoisotopic (exact) mass is 221 g/mol. The molecule has 5 nitrogen and oxygen atoms in total. The molecular formula is C8H15NO4S. The summed E-state index contributed by atoms with van der Waals surface area (Å²) in [7, 11) is -3.26. The maximum Gasteiger partial charge on any atom is 0.324 e. The summed E-state index contributed by atoms with van der Waals surface area (Å²) < 4.78 is 29.5. The fraction of sp³-hybridized carbons (Fsp3) is 0.875. The van der Waals surface area contributed by atoms with E-state index in [-0.39, 0.29) is 11.9 Å². The van der Waals surface area contributed by atoms with Crippen LogP contribution >= 0.6 is 0 Å². The zero-order chi connectivity index (χ0) is 10.8. The molecule has 0 aromatic rings. The molecule has 0 aliphatic carbocycles. The Kier molecular flexibility index (Phi) is 3.49. The van der Waals surface area contributed by atoms with Crippen molar-refractivity contribution in [3.05, 3.63) is 0 Å². The molecule has 1 aliphatic heterocycles. The first-order valence-corrected chi connectivity index (χ1v) is 6.26. The molecule has 14 heavy (non-hydrogen) atoms. The van der Waals surface area contributed by atoms with Gasteiger partial charge in [0.25, 0.3) is 0 Å². The van der Waals surface area contributed by atoms with Crippen LogP contribution in [0, 0.1) is 0 Å². The number of esters is 1. The lowest BCUT2D eigenvalue weighted by Crippen LogP contribution is -2.46. The molecule has 1 aliphatic rings. The van der Waals surface area contributed by atoms with Gasteiger partial charge in [0.05, 0.1) is 11.9 Å². The van der Waals surface area contributed by atoms with Gasteiger partial charge >= 0.3 is 5.97 Å². The molecule has 0 radical (unpaired) electrons. The Labute approximate surface area is 83.9 Å². The number of hydrogen-bond donors (Lipinski definition) is 1. The number of nitrogens with one attached hydrogen (secondary N) is 1. The van der Waals surface area contributed by atoms with E-state index in [1.165, 1.54) is 0 Å². The van der Waals surface area contributed by atoms with Gasteiger partial charge in [-0.15, -0.1) is 0 Å². The van der Waals surface area contributed by atoms with Gasteiger partial charge in [-0.25, -0.2) is 13.1 Å². The molecular weight excluding hydrogens is 206 g/mol. The van der Waals surface area contributed by atoms with Crippen LogP contribution in [-0.4, -0.2) is 32.3 Å². The highest BCUT2D eigenvalue weighted by Crippen LogP contribution is 2.10. The Bertz CT molecular complexity index is 309. The molecule has 0 bridgehead atoms. The summed E-state index contributed by atoms with van der Waals surface area (Å²) in [4.78, 5) is 11.3. The minimum absolute atomic E-state index is 0.0957. The summed E-state index contributed by atoms with van der Waals surface area (Å²) in [5, 5.41) is 0. The van der Waals surface area contributed by atoms with E-state index in [9.17, 15) is 13.2 Å². The Hall–Kier alpha value is -0.620. The molecule has 1 saturated heterocycles. The number of hydrogen-bond acceptors (Lipinski definition) is 4. The maximum atomic E-state index is 11.3. The summed E-state index contributed by atoms with van der Waals surface area (Å²) in [6, 6.07) is -0.698. The van der Waals surface area contributed by atoms with Crippen molar-refractivity contribution in [2.75, 3.05) is 5.75 Å². The number of carbonyl (C=O) groups is 1. The van der Waals surface area contributed by atoms with E-state index in [1.54, 1.807) is 13.8 Å². The molecule has 82 valence electrons. The van der Waals surface area contributed by atoms with Gasteiger partial charge in [0.15, 0.2) is 0 Å². The molecule has 0 aromatic carbocycles. The molecule has 0 unspecified atom stereocenters. The first-order valence-electron chi connectivity index (χ1n) is 4.61. The highest BCUT2D eigenvalue weighted by atomic mass is 32.2. The smallest absolute Gasteiger partial charge is 0.324 e. The van der Waals surface area contributed by atoms with Crippen molar-refractivity contribution in [3.63, 3.8) is 0 Å². The summed E-state index contributed by atoms with van der Waals surface area (Å²) >= 11 is 0. The average molecular weight is 221 g/mol. The molecule has 0 spiro atoms. The Balaban J connectivity index is 2.57. The van der Waals surface area contributed by atoms with E-state index in [2.05, 4.69) is 4.72 Å². The zero-order valence-corrected chi connectivity index (χ0v) is 9.13. The normalized spacial score (nSPS) is 26.1. The molecule has 1 rings (SSSR count). The van der Waals surface area contributed by atoms with E-state index < -0.39 is 22.0 Å². The number of sulfonamides is 1. The van der Waals surface area contributed by atoms with E-state index in [4.69, 9.17) is 4.74 Å². The topological polar surface area (TPSA) is 72.5 Å². The molecule has 1 N–H and O–H groups in total. The van der Waals surface area contributed by atoms with E-state index in [0.717, 1.165) is 0 Å². The molecule has 0 amide bonds. The van der Waals surface area contributed by atoms with Gasteiger partial charge in [0.1, 0.15) is 6.04 Å². The lowest BCUT2D eigenvalue weighted by Gasteiger charge is -2.22. The van der Waals surface area contributed by atoms with E-state index in [0.29, 0.717) is 12.8 Å². The van der Waals surface area contributed by atoms with Gasteiger partial charge in [-0.3, -0.25) is 4.79 Å². The fourth-order valence-electron chi connectivity index (χ4n) is 1.29. The highest BCUT2D eigenvalue weighted by molar-refractivity contribution is 7.89. The van der Waals surface area contributed by atoms with Crippen LogP contribution in [-0.2, 0) is 19.6 Å². The van der Waals surface area contributed by atoms with E-state index >= 15 is 0 Å². The summed E-state index contributed by atoms with van der Waals surface area (Å²) in [6.07, 6.45) is 0.812. The quantitative estimate of drug-likeness (QED) is 0.667. The second-order valence-corrected chi connectivity index (χ2v) is 5.49. The zero-order valence-electron chi connectivity index (χ0n) is 8.32. The van der Waals surface area contributed by atoms with Crippen LogP contribution in [0.25, 0.3) is 0 Å². The summed E-state index contributed by atoms with van der Waals surface area (Å²) in [5.41, 5.74) is 0. The second-order valence-electron chi connectivity index (χ2n) is 3.62. The third-order valence-electron chi connectivity index (χ3n) is 1.86. The van der Waals surface area contributed by atoms with Crippen molar-refractivity contribution < 1.29 is 17.9 Å². The molecule has 1 atom stereocenters. The predicted molar refractivity (Wildman–Crippen MR) is 51.2 cm³/mol. The van der Waals surface area contributed by atoms with Gasteiger partial charge in [0, 0.05) is 0 Å². The molecule has 6 heteroatoms. The van der Waals surface area contributed by atoms with Crippen LogP contribution < -0.4 is 4.72 Å². The van der Waals surface area contributed by atoms with Crippen molar-refractivity contribution in [2.45, 2.75) is 38.8 Å². The molecule has 1 heterocycles. The largest absolute Gasteiger partial charge is 0.462 e. The van der Waals surface area contributed by atoms with Crippen molar-refractivity contribution in [1.82, 2.24) is 4.72 Å². The predicted octanol–water partition coefficient (Wildman–Crippen LogP) is 0.0198. The van der Waals surface area contributed by atoms with Crippen LogP contribution in [0.4, 0.5) is 0 Å². The Morgan fingerprint density at radius 1 is 1.50 bits per heavy atom. The molecule has 0 saturated carbocycles. The average Bonchev–Trinajstić information content (AvgIpc) is 2.01. The van der Waals surface area contributed by atoms with E-state index in [1.807, 2.05) is 0 Å². The van der Waals surface area contributed by atoms with Gasteiger partial charge in [0.2, 0.25) is 10.0 Å². The van der Waals surface area contributed by atoms with Gasteiger partial charge < -0.3 is 4.74 Å². The van der Waals surface area contributed by atoms with Crippen molar-refractivity contribution in [1.29, 1.82) is 0 Å². The van der Waals surface area contributed by atoms with Crippen molar-refractivity contribution in [3.8, 4) is 0 Å². The first kappa shape index (κ1) is 11.5. The summed E-state index contributed by atoms with van der Waals surface area (Å²) in [5.74, 6) is -0.387. The molecule has 1 fully saturated rings. The lowest BCUT2D eigenvalue weighted by molar-refractivity contribution is -0.149. The third-order valence-corrected chi connectivity index (χ3v) is 3.33. The van der Waals surface area contributed by atoms with Crippen LogP contribution in [0.2, 0.25) is 0 Å². The lowest BCUT2D eigenvalue weighted by atomic mass is 10.2. The number of ether oxygens (including phenoxy) is 1. The fourth-order valence-corrected chi connectivity index (χ4v) is 2.60. The highest BCUT2D eigenvalue weighted by Gasteiger charge is 2.30. The minimum atomic E-state index is -3.26. The second kappa shape index (κ2) is 4.27. The van der Waals surface area contributed by atoms with Gasteiger partial charge in [-0.05, 0) is 26.7 Å². The number of rotatable bonds is 2.